The molecule has 5 heteroatoms. The predicted molar refractivity (Wildman–Crippen MR) is 55.3 cm³/mol. The summed E-state index contributed by atoms with van der Waals surface area (Å²) in [5, 5.41) is 6.38. The van der Waals surface area contributed by atoms with E-state index in [9.17, 15) is 4.79 Å². The number of carbonyl (C=O) groups excluding carboxylic acids is 1. The van der Waals surface area contributed by atoms with Gasteiger partial charge in [0.2, 0.25) is 5.78 Å². The summed E-state index contributed by atoms with van der Waals surface area (Å²) in [5.74, 6) is -0.0669. The average Bonchev–Trinajstić information content (AvgIpc) is 2.85. The lowest BCUT2D eigenvalue weighted by Gasteiger charge is -1.95. The largest absolute Gasteiger partial charge is 0.353 e. The lowest BCUT2D eigenvalue weighted by Crippen LogP contribution is -2.01. The number of ketones is 1. The highest BCUT2D eigenvalue weighted by Crippen LogP contribution is 2.11. The number of H-pyrrole nitrogens is 1. The van der Waals surface area contributed by atoms with E-state index in [1.54, 1.807) is 24.5 Å². The maximum Gasteiger partial charge on any atom is 0.212 e. The van der Waals surface area contributed by atoms with Crippen molar-refractivity contribution in [2.75, 3.05) is 0 Å². The standard InChI is InChI=1S/C10H12N4O/c1-14-6-7(4-8(14)5-11)10(15)9-2-3-12-13-9/h2-4,6H,5,11H2,1H3,(H,12,13). The summed E-state index contributed by atoms with van der Waals surface area (Å²) in [6, 6.07) is 3.45. The fraction of sp³-hybridized carbons (Fsp3) is 0.200. The topological polar surface area (TPSA) is 76.7 Å². The van der Waals surface area contributed by atoms with Gasteiger partial charge in [0.1, 0.15) is 5.69 Å². The predicted octanol–water partition coefficient (Wildman–Crippen LogP) is 0.438. The number of aryl methyl sites for hydroxylation is 1. The van der Waals surface area contributed by atoms with Gasteiger partial charge >= 0.3 is 0 Å². The van der Waals surface area contributed by atoms with Gasteiger partial charge in [-0.25, -0.2) is 0 Å². The third kappa shape index (κ3) is 1.69. The fourth-order valence-electron chi connectivity index (χ4n) is 1.48. The molecule has 78 valence electrons. The maximum absolute atomic E-state index is 11.9. The van der Waals surface area contributed by atoms with Gasteiger partial charge in [-0.15, -0.1) is 0 Å². The molecule has 0 aliphatic carbocycles. The second-order valence-corrected chi connectivity index (χ2v) is 3.33. The van der Waals surface area contributed by atoms with Crippen molar-refractivity contribution < 1.29 is 4.79 Å². The number of aromatic nitrogens is 3. The Balaban J connectivity index is 2.34. The van der Waals surface area contributed by atoms with Gasteiger partial charge in [0.05, 0.1) is 0 Å². The van der Waals surface area contributed by atoms with Gasteiger partial charge in [-0.3, -0.25) is 9.89 Å². The van der Waals surface area contributed by atoms with Crippen LogP contribution in [0.15, 0.2) is 24.5 Å². The van der Waals surface area contributed by atoms with Crippen molar-refractivity contribution in [3.63, 3.8) is 0 Å². The minimum absolute atomic E-state index is 0.0669. The second-order valence-electron chi connectivity index (χ2n) is 3.33. The van der Waals surface area contributed by atoms with Crippen LogP contribution in [0.3, 0.4) is 0 Å². The number of rotatable bonds is 3. The van der Waals surface area contributed by atoms with Crippen molar-refractivity contribution >= 4 is 5.78 Å². The molecule has 0 radical (unpaired) electrons. The van der Waals surface area contributed by atoms with Crippen molar-refractivity contribution in [3.05, 3.63) is 41.5 Å². The summed E-state index contributed by atoms with van der Waals surface area (Å²) >= 11 is 0. The van der Waals surface area contributed by atoms with E-state index in [1.165, 1.54) is 0 Å². The average molecular weight is 204 g/mol. The summed E-state index contributed by atoms with van der Waals surface area (Å²) in [6.07, 6.45) is 3.32. The number of aromatic amines is 1. The first-order valence-electron chi connectivity index (χ1n) is 4.61. The fourth-order valence-corrected chi connectivity index (χ4v) is 1.48. The molecule has 2 aromatic heterocycles. The van der Waals surface area contributed by atoms with E-state index < -0.39 is 0 Å². The normalized spacial score (nSPS) is 10.5. The highest BCUT2D eigenvalue weighted by atomic mass is 16.1. The number of nitrogens with two attached hydrogens (primary N) is 1. The molecule has 2 heterocycles. The molecule has 0 aromatic carbocycles. The Labute approximate surface area is 86.9 Å². The van der Waals surface area contributed by atoms with E-state index >= 15 is 0 Å². The monoisotopic (exact) mass is 204 g/mol. The van der Waals surface area contributed by atoms with E-state index in [1.807, 2.05) is 11.6 Å². The first kappa shape index (κ1) is 9.67. The zero-order valence-corrected chi connectivity index (χ0v) is 8.40. The van der Waals surface area contributed by atoms with Crippen molar-refractivity contribution in [2.45, 2.75) is 6.54 Å². The van der Waals surface area contributed by atoms with Crippen LogP contribution in [0.2, 0.25) is 0 Å². The Bertz CT molecular complexity index is 470. The van der Waals surface area contributed by atoms with Crippen LogP contribution in [0.25, 0.3) is 0 Å². The molecule has 0 unspecified atom stereocenters. The first-order valence-corrected chi connectivity index (χ1v) is 4.61. The van der Waals surface area contributed by atoms with E-state index in [0.29, 0.717) is 17.8 Å². The molecule has 3 N–H and O–H groups in total. The third-order valence-corrected chi connectivity index (χ3v) is 2.32. The molecular weight excluding hydrogens is 192 g/mol. The minimum Gasteiger partial charge on any atom is -0.353 e. The molecule has 2 aromatic rings. The van der Waals surface area contributed by atoms with E-state index in [0.717, 1.165) is 5.69 Å². The van der Waals surface area contributed by atoms with Crippen molar-refractivity contribution in [1.82, 2.24) is 14.8 Å². The van der Waals surface area contributed by atoms with Crippen LogP contribution in [0, 0.1) is 0 Å². The molecule has 0 spiro atoms. The number of nitrogens with one attached hydrogen (secondary N) is 1. The maximum atomic E-state index is 11.9. The molecule has 5 nitrogen and oxygen atoms in total. The summed E-state index contributed by atoms with van der Waals surface area (Å²) < 4.78 is 1.85. The number of nitrogens with zero attached hydrogens (tertiary/aromatic N) is 2. The Morgan fingerprint density at radius 2 is 2.47 bits per heavy atom. The van der Waals surface area contributed by atoms with E-state index in [-0.39, 0.29) is 5.78 Å². The molecule has 0 fully saturated rings. The van der Waals surface area contributed by atoms with E-state index in [2.05, 4.69) is 10.2 Å². The van der Waals surface area contributed by atoms with Crippen molar-refractivity contribution in [1.29, 1.82) is 0 Å². The Morgan fingerprint density at radius 3 is 3.00 bits per heavy atom. The van der Waals surface area contributed by atoms with Crippen LogP contribution in [-0.2, 0) is 13.6 Å². The SMILES string of the molecule is Cn1cc(C(=O)c2ccn[nH]2)cc1CN. The molecule has 0 saturated carbocycles. The Hall–Kier alpha value is -1.88. The van der Waals surface area contributed by atoms with Gasteiger partial charge in [0, 0.05) is 37.2 Å². The van der Waals surface area contributed by atoms with Gasteiger partial charge in [-0.1, -0.05) is 0 Å². The first-order chi connectivity index (χ1) is 7.22. The zero-order valence-electron chi connectivity index (χ0n) is 8.40. The lowest BCUT2D eigenvalue weighted by molar-refractivity contribution is 0.103. The molecule has 0 aliphatic heterocycles. The number of hydrogen-bond donors (Lipinski definition) is 2. The van der Waals surface area contributed by atoms with Gasteiger partial charge in [-0.2, -0.15) is 5.10 Å². The van der Waals surface area contributed by atoms with Crippen molar-refractivity contribution in [3.8, 4) is 0 Å². The quantitative estimate of drug-likeness (QED) is 0.712. The van der Waals surface area contributed by atoms with Gasteiger partial charge in [0.15, 0.2) is 0 Å². The molecule has 0 saturated heterocycles. The molecule has 2 rings (SSSR count). The molecule has 0 bridgehead atoms. The smallest absolute Gasteiger partial charge is 0.212 e. The van der Waals surface area contributed by atoms with Crippen LogP contribution >= 0.6 is 0 Å². The van der Waals surface area contributed by atoms with Crippen LogP contribution in [0.5, 0.6) is 0 Å². The minimum atomic E-state index is -0.0669. The number of hydrogen-bond acceptors (Lipinski definition) is 3. The van der Waals surface area contributed by atoms with Crippen LogP contribution < -0.4 is 5.73 Å². The molecule has 0 atom stereocenters. The Morgan fingerprint density at radius 1 is 1.67 bits per heavy atom. The van der Waals surface area contributed by atoms with Crippen LogP contribution in [-0.4, -0.2) is 20.5 Å². The number of carbonyl (C=O) groups is 1. The van der Waals surface area contributed by atoms with Crippen molar-refractivity contribution in [2.24, 2.45) is 12.8 Å². The molecule has 0 amide bonds. The highest BCUT2D eigenvalue weighted by Gasteiger charge is 2.13. The van der Waals surface area contributed by atoms with Crippen LogP contribution in [0.4, 0.5) is 0 Å². The van der Waals surface area contributed by atoms with Gasteiger partial charge in [0.25, 0.3) is 0 Å². The van der Waals surface area contributed by atoms with Gasteiger partial charge < -0.3 is 10.3 Å². The molecule has 0 aliphatic rings. The zero-order chi connectivity index (χ0) is 10.8. The summed E-state index contributed by atoms with van der Waals surface area (Å²) in [5.41, 5.74) is 7.58. The Kier molecular flexibility index (Phi) is 2.39. The lowest BCUT2D eigenvalue weighted by atomic mass is 10.1. The van der Waals surface area contributed by atoms with E-state index in [4.69, 9.17) is 5.73 Å². The third-order valence-electron chi connectivity index (χ3n) is 2.32. The van der Waals surface area contributed by atoms with Gasteiger partial charge in [-0.05, 0) is 12.1 Å². The summed E-state index contributed by atoms with van der Waals surface area (Å²) in [4.78, 5) is 11.9. The summed E-state index contributed by atoms with van der Waals surface area (Å²) in [6.45, 7) is 0.423. The highest BCUT2D eigenvalue weighted by molar-refractivity contribution is 6.07. The van der Waals surface area contributed by atoms with Crippen LogP contribution in [0.1, 0.15) is 21.7 Å². The second kappa shape index (κ2) is 3.70. The summed E-state index contributed by atoms with van der Waals surface area (Å²) in [7, 11) is 1.87. The molecule has 15 heavy (non-hydrogen) atoms. The molecular formula is C10H12N4O.